The quantitative estimate of drug-likeness (QED) is 0.544. The van der Waals surface area contributed by atoms with Gasteiger partial charge in [0.15, 0.2) is 0 Å². The summed E-state index contributed by atoms with van der Waals surface area (Å²) >= 11 is 0. The van der Waals surface area contributed by atoms with Gasteiger partial charge < -0.3 is 25.2 Å². The van der Waals surface area contributed by atoms with Crippen molar-refractivity contribution in [1.29, 1.82) is 0 Å². The van der Waals surface area contributed by atoms with Crippen LogP contribution in [-0.4, -0.2) is 72.6 Å². The van der Waals surface area contributed by atoms with E-state index in [-0.39, 0.29) is 17.9 Å². The standard InChI is InChI=1S/C29H39N5O3/c1-4-33(5-2)14-13-30-28(35)21-7-11-26(31-18-21)34-23-8-9-24(34)17-22(16-23)32-29(36)25-10-6-20-12-15-37-27(20)19(25)3/h6-7,10-11,18,22-24H,4-5,8-9,12-17H2,1-3H3,(H,30,35)(H,32,36)/t22-,23+,24-. The number of pyridine rings is 1. The first-order valence-corrected chi connectivity index (χ1v) is 13.8. The van der Waals surface area contributed by atoms with Crippen molar-refractivity contribution in [1.82, 2.24) is 20.5 Å². The van der Waals surface area contributed by atoms with Crippen molar-refractivity contribution in [2.24, 2.45) is 0 Å². The zero-order valence-corrected chi connectivity index (χ0v) is 22.3. The molecule has 1 aromatic carbocycles. The number of aromatic nitrogens is 1. The van der Waals surface area contributed by atoms with E-state index in [1.807, 2.05) is 31.2 Å². The number of nitrogens with one attached hydrogen (secondary N) is 2. The lowest BCUT2D eigenvalue weighted by atomic mass is 9.96. The third kappa shape index (κ3) is 5.30. The zero-order valence-electron chi connectivity index (χ0n) is 22.3. The number of hydrogen-bond acceptors (Lipinski definition) is 6. The summed E-state index contributed by atoms with van der Waals surface area (Å²) in [7, 11) is 0. The maximum Gasteiger partial charge on any atom is 0.252 e. The van der Waals surface area contributed by atoms with E-state index in [0.29, 0.717) is 36.4 Å². The summed E-state index contributed by atoms with van der Waals surface area (Å²) in [5, 5.41) is 6.30. The van der Waals surface area contributed by atoms with Gasteiger partial charge in [-0.25, -0.2) is 4.98 Å². The number of piperidine rings is 1. The molecule has 0 radical (unpaired) electrons. The fourth-order valence-electron chi connectivity index (χ4n) is 6.23. The normalized spacial score (nSPS) is 22.1. The van der Waals surface area contributed by atoms with Crippen molar-refractivity contribution in [2.75, 3.05) is 37.7 Å². The summed E-state index contributed by atoms with van der Waals surface area (Å²) in [6, 6.07) is 8.64. The molecule has 0 unspecified atom stereocenters. The second kappa shape index (κ2) is 11.1. The van der Waals surface area contributed by atoms with Crippen molar-refractivity contribution in [2.45, 2.75) is 71.0 Å². The van der Waals surface area contributed by atoms with Gasteiger partial charge in [-0.05, 0) is 69.5 Å². The Morgan fingerprint density at radius 2 is 1.84 bits per heavy atom. The fourth-order valence-corrected chi connectivity index (χ4v) is 6.23. The number of anilines is 1. The molecule has 2 N–H and O–H groups in total. The van der Waals surface area contributed by atoms with E-state index in [2.05, 4.69) is 39.3 Å². The van der Waals surface area contributed by atoms with Gasteiger partial charge in [-0.2, -0.15) is 0 Å². The highest BCUT2D eigenvalue weighted by Crippen LogP contribution is 2.39. The number of benzene rings is 1. The van der Waals surface area contributed by atoms with Gasteiger partial charge in [0.05, 0.1) is 12.2 Å². The Morgan fingerprint density at radius 1 is 1.08 bits per heavy atom. The van der Waals surface area contributed by atoms with Crippen LogP contribution in [0.1, 0.15) is 71.4 Å². The Morgan fingerprint density at radius 3 is 2.51 bits per heavy atom. The van der Waals surface area contributed by atoms with Gasteiger partial charge in [0.1, 0.15) is 11.6 Å². The zero-order chi connectivity index (χ0) is 25.9. The van der Waals surface area contributed by atoms with Gasteiger partial charge in [-0.3, -0.25) is 9.59 Å². The highest BCUT2D eigenvalue weighted by Gasteiger charge is 2.42. The van der Waals surface area contributed by atoms with Crippen molar-refractivity contribution in [3.05, 3.63) is 52.7 Å². The molecular formula is C29H39N5O3. The number of likely N-dealkylation sites (N-methyl/N-ethyl adjacent to an activating group) is 1. The first-order valence-electron chi connectivity index (χ1n) is 13.8. The maximum atomic E-state index is 13.1. The summed E-state index contributed by atoms with van der Waals surface area (Å²) in [5.74, 6) is 1.71. The van der Waals surface area contributed by atoms with Crippen LogP contribution < -0.4 is 20.3 Å². The first-order chi connectivity index (χ1) is 18.0. The van der Waals surface area contributed by atoms with Gasteiger partial charge in [0.2, 0.25) is 0 Å². The lowest BCUT2D eigenvalue weighted by Gasteiger charge is -2.40. The molecule has 0 saturated carbocycles. The lowest BCUT2D eigenvalue weighted by Crippen LogP contribution is -2.50. The van der Waals surface area contributed by atoms with Gasteiger partial charge >= 0.3 is 0 Å². The van der Waals surface area contributed by atoms with E-state index in [9.17, 15) is 9.59 Å². The molecule has 0 spiro atoms. The SMILES string of the molecule is CCN(CC)CCNC(=O)c1ccc(N2[C@@H]3CC[C@H]2C[C@@H](NC(=O)c2ccc4c(c2C)OCC4)C3)nc1. The Labute approximate surface area is 219 Å². The molecule has 3 atom stereocenters. The van der Waals surface area contributed by atoms with Crippen LogP contribution in [0.3, 0.4) is 0 Å². The number of amides is 2. The van der Waals surface area contributed by atoms with Gasteiger partial charge in [-0.1, -0.05) is 19.9 Å². The van der Waals surface area contributed by atoms with Crippen LogP contribution >= 0.6 is 0 Å². The largest absolute Gasteiger partial charge is 0.493 e. The maximum absolute atomic E-state index is 13.1. The van der Waals surface area contributed by atoms with Gasteiger partial charge in [0, 0.05) is 55.0 Å². The highest BCUT2D eigenvalue weighted by molar-refractivity contribution is 5.96. The minimum atomic E-state index is -0.0807. The van der Waals surface area contributed by atoms with E-state index in [1.165, 1.54) is 5.56 Å². The summed E-state index contributed by atoms with van der Waals surface area (Å²) in [5.41, 5.74) is 3.43. The smallest absolute Gasteiger partial charge is 0.252 e. The molecule has 198 valence electrons. The van der Waals surface area contributed by atoms with E-state index in [0.717, 1.165) is 68.9 Å². The van der Waals surface area contributed by atoms with Crippen LogP contribution in [0.2, 0.25) is 0 Å². The van der Waals surface area contributed by atoms with E-state index >= 15 is 0 Å². The summed E-state index contributed by atoms with van der Waals surface area (Å²) in [4.78, 5) is 35.0. The number of carbonyl (C=O) groups is 2. The van der Waals surface area contributed by atoms with Crippen molar-refractivity contribution in [3.8, 4) is 5.75 Å². The third-order valence-electron chi connectivity index (χ3n) is 8.30. The van der Waals surface area contributed by atoms with E-state index < -0.39 is 0 Å². The van der Waals surface area contributed by atoms with Crippen molar-refractivity contribution in [3.63, 3.8) is 0 Å². The molecule has 2 amide bonds. The predicted molar refractivity (Wildman–Crippen MR) is 145 cm³/mol. The van der Waals surface area contributed by atoms with Crippen LogP contribution in [0.5, 0.6) is 5.75 Å². The highest BCUT2D eigenvalue weighted by atomic mass is 16.5. The molecule has 2 aromatic rings. The molecule has 37 heavy (non-hydrogen) atoms. The Balaban J connectivity index is 1.17. The molecule has 2 fully saturated rings. The second-order valence-electron chi connectivity index (χ2n) is 10.4. The number of rotatable bonds is 9. The number of ether oxygens (including phenoxy) is 1. The minimum Gasteiger partial charge on any atom is -0.493 e. The molecule has 0 aliphatic carbocycles. The second-order valence-corrected chi connectivity index (χ2v) is 10.4. The Bertz CT molecular complexity index is 1120. The molecular weight excluding hydrogens is 466 g/mol. The number of carbonyl (C=O) groups excluding carboxylic acids is 2. The molecule has 8 nitrogen and oxygen atoms in total. The molecule has 4 heterocycles. The molecule has 1 aromatic heterocycles. The van der Waals surface area contributed by atoms with Crippen LogP contribution in [0.4, 0.5) is 5.82 Å². The third-order valence-corrected chi connectivity index (χ3v) is 8.30. The molecule has 3 aliphatic heterocycles. The summed E-state index contributed by atoms with van der Waals surface area (Å²) < 4.78 is 5.76. The minimum absolute atomic E-state index is 0.0110. The monoisotopic (exact) mass is 505 g/mol. The fraction of sp³-hybridized carbons (Fsp3) is 0.552. The van der Waals surface area contributed by atoms with Gasteiger partial charge in [0.25, 0.3) is 11.8 Å². The van der Waals surface area contributed by atoms with E-state index in [4.69, 9.17) is 4.74 Å². The number of fused-ring (bicyclic) bond motifs is 3. The Hall–Kier alpha value is -3.13. The van der Waals surface area contributed by atoms with Crippen LogP contribution in [0.25, 0.3) is 0 Å². The molecule has 2 bridgehead atoms. The molecule has 3 aliphatic rings. The molecule has 2 saturated heterocycles. The average Bonchev–Trinajstić information content (AvgIpc) is 3.49. The summed E-state index contributed by atoms with van der Waals surface area (Å²) in [6.45, 7) is 10.4. The Kier molecular flexibility index (Phi) is 7.65. The van der Waals surface area contributed by atoms with Gasteiger partial charge in [-0.15, -0.1) is 0 Å². The lowest BCUT2D eigenvalue weighted by molar-refractivity contribution is 0.0923. The topological polar surface area (TPSA) is 86.8 Å². The number of hydrogen-bond donors (Lipinski definition) is 2. The van der Waals surface area contributed by atoms with Crippen LogP contribution in [0.15, 0.2) is 30.5 Å². The summed E-state index contributed by atoms with van der Waals surface area (Å²) in [6.07, 6.45) is 6.59. The first kappa shape index (κ1) is 25.5. The molecule has 5 rings (SSSR count). The van der Waals surface area contributed by atoms with Crippen LogP contribution in [0, 0.1) is 6.92 Å². The van der Waals surface area contributed by atoms with Crippen molar-refractivity contribution >= 4 is 17.6 Å². The van der Waals surface area contributed by atoms with E-state index in [1.54, 1.807) is 6.20 Å². The predicted octanol–water partition coefficient (Wildman–Crippen LogP) is 3.33. The van der Waals surface area contributed by atoms with Crippen LogP contribution in [-0.2, 0) is 6.42 Å². The molecule has 8 heteroatoms. The average molecular weight is 506 g/mol. The van der Waals surface area contributed by atoms with Crippen molar-refractivity contribution < 1.29 is 14.3 Å². The number of nitrogens with zero attached hydrogens (tertiary/aromatic N) is 3.